The summed E-state index contributed by atoms with van der Waals surface area (Å²) in [5.41, 5.74) is 1.52. The Morgan fingerprint density at radius 2 is 1.96 bits per heavy atom. The maximum atomic E-state index is 12.2. The van der Waals surface area contributed by atoms with E-state index in [0.29, 0.717) is 18.8 Å². The van der Waals surface area contributed by atoms with Crippen molar-refractivity contribution in [2.75, 3.05) is 6.54 Å². The van der Waals surface area contributed by atoms with Crippen LogP contribution in [0.1, 0.15) is 55.6 Å². The number of amides is 1. The molecule has 2 aromatic rings. The molecular weight excluding hydrogens is 298 g/mol. The van der Waals surface area contributed by atoms with Gasteiger partial charge in [-0.25, -0.2) is 0 Å². The van der Waals surface area contributed by atoms with Crippen LogP contribution in [0.2, 0.25) is 0 Å². The van der Waals surface area contributed by atoms with Crippen LogP contribution in [0.5, 0.6) is 0 Å². The smallest absolute Gasteiger partial charge is 0.220 e. The van der Waals surface area contributed by atoms with Gasteiger partial charge in [-0.15, -0.1) is 0 Å². The summed E-state index contributed by atoms with van der Waals surface area (Å²) in [7, 11) is 0. The van der Waals surface area contributed by atoms with Crippen LogP contribution >= 0.6 is 0 Å². The first-order valence-electron chi connectivity index (χ1n) is 9.07. The summed E-state index contributed by atoms with van der Waals surface area (Å²) in [5.74, 6) is 3.51. The molecule has 1 heterocycles. The minimum absolute atomic E-state index is 0.120. The van der Waals surface area contributed by atoms with Gasteiger partial charge in [0.25, 0.3) is 0 Å². The first-order valence-corrected chi connectivity index (χ1v) is 9.07. The third-order valence-corrected chi connectivity index (χ3v) is 5.62. The van der Waals surface area contributed by atoms with E-state index in [1.807, 2.05) is 12.1 Å². The Morgan fingerprint density at radius 1 is 1.21 bits per heavy atom. The van der Waals surface area contributed by atoms with Crippen LogP contribution in [0.4, 0.5) is 0 Å². The second kappa shape index (κ2) is 6.12. The molecule has 24 heavy (non-hydrogen) atoms. The Balaban J connectivity index is 1.25. The first kappa shape index (κ1) is 15.5. The quantitative estimate of drug-likeness (QED) is 0.830. The monoisotopic (exact) mass is 323 g/mol. The number of nitrogens with one attached hydrogen (secondary N) is 1. The molecule has 0 aliphatic heterocycles. The molecule has 3 nitrogen and oxygen atoms in total. The zero-order valence-corrected chi connectivity index (χ0v) is 14.3. The van der Waals surface area contributed by atoms with Crippen molar-refractivity contribution < 1.29 is 9.21 Å². The SMILES string of the molecule is C[C@H]1C[C@H]1c1ccc(CCC(=O)NCC2(c3ccccc3)CC2)o1. The van der Waals surface area contributed by atoms with Crippen molar-refractivity contribution in [1.29, 1.82) is 0 Å². The van der Waals surface area contributed by atoms with Gasteiger partial charge in [0.15, 0.2) is 0 Å². The number of rotatable bonds is 7. The molecule has 2 aliphatic carbocycles. The second-order valence-electron chi connectivity index (χ2n) is 7.55. The van der Waals surface area contributed by atoms with Crippen molar-refractivity contribution in [2.24, 2.45) is 5.92 Å². The summed E-state index contributed by atoms with van der Waals surface area (Å²) >= 11 is 0. The van der Waals surface area contributed by atoms with E-state index < -0.39 is 0 Å². The number of aryl methyl sites for hydroxylation is 1. The van der Waals surface area contributed by atoms with Crippen molar-refractivity contribution in [1.82, 2.24) is 5.32 Å². The topological polar surface area (TPSA) is 42.2 Å². The third kappa shape index (κ3) is 3.26. The van der Waals surface area contributed by atoms with Gasteiger partial charge in [0.2, 0.25) is 5.91 Å². The van der Waals surface area contributed by atoms with Gasteiger partial charge >= 0.3 is 0 Å². The Kier molecular flexibility index (Phi) is 3.95. The van der Waals surface area contributed by atoms with Crippen LogP contribution in [-0.4, -0.2) is 12.5 Å². The van der Waals surface area contributed by atoms with Crippen molar-refractivity contribution >= 4 is 5.91 Å². The Hall–Kier alpha value is -2.03. The molecule has 0 bridgehead atoms. The van der Waals surface area contributed by atoms with E-state index in [2.05, 4.69) is 42.6 Å². The average molecular weight is 323 g/mol. The van der Waals surface area contributed by atoms with Crippen LogP contribution in [0.15, 0.2) is 46.9 Å². The third-order valence-electron chi connectivity index (χ3n) is 5.62. The molecule has 2 atom stereocenters. The van der Waals surface area contributed by atoms with E-state index in [4.69, 9.17) is 4.42 Å². The van der Waals surface area contributed by atoms with E-state index in [1.165, 1.54) is 24.8 Å². The van der Waals surface area contributed by atoms with Gasteiger partial charge in [-0.2, -0.15) is 0 Å². The van der Waals surface area contributed by atoms with Crippen LogP contribution < -0.4 is 5.32 Å². The lowest BCUT2D eigenvalue weighted by molar-refractivity contribution is -0.121. The summed E-state index contributed by atoms with van der Waals surface area (Å²) in [6, 6.07) is 14.6. The maximum Gasteiger partial charge on any atom is 0.220 e. The highest BCUT2D eigenvalue weighted by Crippen LogP contribution is 2.48. The minimum atomic E-state index is 0.120. The largest absolute Gasteiger partial charge is 0.466 e. The van der Waals surface area contributed by atoms with Crippen LogP contribution in [0.25, 0.3) is 0 Å². The fourth-order valence-electron chi connectivity index (χ4n) is 3.55. The lowest BCUT2D eigenvalue weighted by atomic mass is 9.96. The Bertz CT molecular complexity index is 714. The molecule has 4 rings (SSSR count). The standard InChI is InChI=1S/C21H25NO2/c1-15-13-18(15)19-9-7-17(24-19)8-10-20(23)22-14-21(11-12-21)16-5-3-2-4-6-16/h2-7,9,15,18H,8,10-14H2,1H3,(H,22,23)/t15-,18+/m0/s1. The first-order chi connectivity index (χ1) is 11.7. The normalized spacial score (nSPS) is 23.7. The fourth-order valence-corrected chi connectivity index (χ4v) is 3.55. The molecule has 0 spiro atoms. The summed E-state index contributed by atoms with van der Waals surface area (Å²) in [5, 5.41) is 3.12. The predicted molar refractivity (Wildman–Crippen MR) is 93.9 cm³/mol. The highest BCUT2D eigenvalue weighted by Gasteiger charge is 2.44. The van der Waals surface area contributed by atoms with Gasteiger partial charge in [-0.05, 0) is 42.9 Å². The molecular formula is C21H25NO2. The van der Waals surface area contributed by atoms with E-state index in [0.717, 1.165) is 24.0 Å². The van der Waals surface area contributed by atoms with Gasteiger partial charge in [-0.1, -0.05) is 37.3 Å². The average Bonchev–Trinajstić information content (AvgIpc) is 3.50. The Labute approximate surface area is 143 Å². The summed E-state index contributed by atoms with van der Waals surface area (Å²) in [4.78, 5) is 12.2. The maximum absolute atomic E-state index is 12.2. The van der Waals surface area contributed by atoms with Gasteiger partial charge in [0.1, 0.15) is 11.5 Å². The highest BCUT2D eigenvalue weighted by atomic mass is 16.3. The van der Waals surface area contributed by atoms with Gasteiger partial charge in [-0.3, -0.25) is 4.79 Å². The highest BCUT2D eigenvalue weighted by molar-refractivity contribution is 5.76. The molecule has 1 aromatic carbocycles. The van der Waals surface area contributed by atoms with Crippen molar-refractivity contribution in [3.8, 4) is 0 Å². The Morgan fingerprint density at radius 3 is 2.62 bits per heavy atom. The van der Waals surface area contributed by atoms with Crippen molar-refractivity contribution in [3.05, 3.63) is 59.5 Å². The molecule has 0 radical (unpaired) electrons. The zero-order chi connectivity index (χ0) is 16.6. The van der Waals surface area contributed by atoms with E-state index >= 15 is 0 Å². The summed E-state index contributed by atoms with van der Waals surface area (Å²) in [6.07, 6.45) is 4.75. The molecule has 2 saturated carbocycles. The van der Waals surface area contributed by atoms with Gasteiger partial charge in [0.05, 0.1) is 0 Å². The number of benzene rings is 1. The molecule has 2 fully saturated rings. The molecule has 1 aromatic heterocycles. The molecule has 0 saturated heterocycles. The van der Waals surface area contributed by atoms with E-state index in [-0.39, 0.29) is 11.3 Å². The minimum Gasteiger partial charge on any atom is -0.466 e. The van der Waals surface area contributed by atoms with Crippen molar-refractivity contribution in [3.63, 3.8) is 0 Å². The lowest BCUT2D eigenvalue weighted by Crippen LogP contribution is -2.32. The molecule has 1 N–H and O–H groups in total. The van der Waals surface area contributed by atoms with Gasteiger partial charge < -0.3 is 9.73 Å². The zero-order valence-electron chi connectivity index (χ0n) is 14.3. The molecule has 0 unspecified atom stereocenters. The van der Waals surface area contributed by atoms with E-state index in [1.54, 1.807) is 0 Å². The lowest BCUT2D eigenvalue weighted by Gasteiger charge is -2.16. The number of carbonyl (C=O) groups is 1. The summed E-state index contributed by atoms with van der Waals surface area (Å²) in [6.45, 7) is 3.00. The number of carbonyl (C=O) groups excluding carboxylic acids is 1. The molecule has 2 aliphatic rings. The number of hydrogen-bond donors (Lipinski definition) is 1. The fraction of sp³-hybridized carbons (Fsp3) is 0.476. The molecule has 3 heteroatoms. The predicted octanol–water partition coefficient (Wildman–Crippen LogP) is 4.18. The van der Waals surface area contributed by atoms with Crippen LogP contribution in [0, 0.1) is 5.92 Å². The second-order valence-corrected chi connectivity index (χ2v) is 7.55. The van der Waals surface area contributed by atoms with Crippen LogP contribution in [-0.2, 0) is 16.6 Å². The van der Waals surface area contributed by atoms with E-state index in [9.17, 15) is 4.79 Å². The van der Waals surface area contributed by atoms with Crippen LogP contribution in [0.3, 0.4) is 0 Å². The molecule has 1 amide bonds. The number of furan rings is 1. The molecule has 126 valence electrons. The number of hydrogen-bond acceptors (Lipinski definition) is 2. The van der Waals surface area contributed by atoms with Crippen molar-refractivity contribution in [2.45, 2.75) is 50.4 Å². The van der Waals surface area contributed by atoms with Gasteiger partial charge in [0, 0.05) is 30.7 Å². The summed E-state index contributed by atoms with van der Waals surface area (Å²) < 4.78 is 5.88.